The van der Waals surface area contributed by atoms with Crippen LogP contribution in [0.5, 0.6) is 0 Å². The summed E-state index contributed by atoms with van der Waals surface area (Å²) in [5.74, 6) is 0. The molecule has 1 aliphatic heterocycles. The fourth-order valence-electron chi connectivity index (χ4n) is 2.34. The molecule has 2 fully saturated rings. The topological polar surface area (TPSA) is 28.2 Å². The molecule has 1 aromatic rings. The summed E-state index contributed by atoms with van der Waals surface area (Å²) in [5.41, 5.74) is 1.23. The quantitative estimate of drug-likeness (QED) is 0.838. The maximum absolute atomic E-state index is 4.70. The summed E-state index contributed by atoms with van der Waals surface area (Å²) >= 11 is 1.83. The Hall–Kier alpha value is -0.450. The van der Waals surface area contributed by atoms with Gasteiger partial charge in [0.1, 0.15) is 0 Å². The van der Waals surface area contributed by atoms with Gasteiger partial charge in [-0.1, -0.05) is 0 Å². The number of hydrogen-bond acceptors (Lipinski definition) is 4. The van der Waals surface area contributed by atoms with E-state index >= 15 is 0 Å². The highest BCUT2D eigenvalue weighted by atomic mass is 32.1. The molecule has 3 rings (SSSR count). The second-order valence-corrected chi connectivity index (χ2v) is 6.13. The maximum atomic E-state index is 4.70. The second kappa shape index (κ2) is 5.46. The van der Waals surface area contributed by atoms with Gasteiger partial charge in [0.05, 0.1) is 10.7 Å². The highest BCUT2D eigenvalue weighted by Gasteiger charge is 2.20. The molecule has 0 unspecified atom stereocenters. The molecule has 0 spiro atoms. The third kappa shape index (κ3) is 3.50. The Kier molecular flexibility index (Phi) is 3.74. The van der Waals surface area contributed by atoms with E-state index in [2.05, 4.69) is 15.6 Å². The molecule has 1 saturated carbocycles. The van der Waals surface area contributed by atoms with Crippen LogP contribution in [0.15, 0.2) is 5.38 Å². The second-order valence-electron chi connectivity index (χ2n) is 5.19. The first-order valence-electron chi connectivity index (χ1n) is 6.79. The minimum Gasteiger partial charge on any atom is -0.308 e. The number of hydrogen-bond donors (Lipinski definition) is 1. The summed E-state index contributed by atoms with van der Waals surface area (Å²) < 4.78 is 0. The fourth-order valence-corrected chi connectivity index (χ4v) is 3.13. The SMILES string of the molecule is c1sc(CCN2CCCC2)nc1CNC1CC1. The smallest absolute Gasteiger partial charge is 0.0941 e. The first-order valence-corrected chi connectivity index (χ1v) is 7.67. The van der Waals surface area contributed by atoms with E-state index in [1.54, 1.807) is 0 Å². The molecule has 0 radical (unpaired) electrons. The largest absolute Gasteiger partial charge is 0.308 e. The van der Waals surface area contributed by atoms with Crippen molar-refractivity contribution in [2.75, 3.05) is 19.6 Å². The summed E-state index contributed by atoms with van der Waals surface area (Å²) in [6.07, 6.45) is 6.61. The fraction of sp³-hybridized carbons (Fsp3) is 0.769. The van der Waals surface area contributed by atoms with Crippen molar-refractivity contribution in [2.45, 2.75) is 44.7 Å². The van der Waals surface area contributed by atoms with Gasteiger partial charge in [0.2, 0.25) is 0 Å². The molecule has 1 N–H and O–H groups in total. The Morgan fingerprint density at radius 3 is 2.94 bits per heavy atom. The van der Waals surface area contributed by atoms with E-state index in [0.717, 1.165) is 19.0 Å². The van der Waals surface area contributed by atoms with E-state index < -0.39 is 0 Å². The Labute approximate surface area is 107 Å². The normalized spacial score (nSPS) is 21.2. The van der Waals surface area contributed by atoms with Gasteiger partial charge < -0.3 is 10.2 Å². The monoisotopic (exact) mass is 251 g/mol. The highest BCUT2D eigenvalue weighted by Crippen LogP contribution is 2.20. The number of nitrogens with zero attached hydrogens (tertiary/aromatic N) is 2. The highest BCUT2D eigenvalue weighted by molar-refractivity contribution is 7.09. The van der Waals surface area contributed by atoms with E-state index in [0.29, 0.717) is 0 Å². The molecule has 3 nitrogen and oxygen atoms in total. The van der Waals surface area contributed by atoms with Crippen molar-refractivity contribution < 1.29 is 0 Å². The van der Waals surface area contributed by atoms with Crippen LogP contribution in [-0.2, 0) is 13.0 Å². The summed E-state index contributed by atoms with van der Waals surface area (Å²) in [7, 11) is 0. The van der Waals surface area contributed by atoms with Crippen LogP contribution in [0.1, 0.15) is 36.4 Å². The maximum Gasteiger partial charge on any atom is 0.0941 e. The number of nitrogens with one attached hydrogen (secondary N) is 1. The van der Waals surface area contributed by atoms with Crippen LogP contribution in [0.25, 0.3) is 0 Å². The molecule has 2 aliphatic rings. The number of rotatable bonds is 6. The van der Waals surface area contributed by atoms with Gasteiger partial charge in [-0.3, -0.25) is 0 Å². The Morgan fingerprint density at radius 1 is 1.35 bits per heavy atom. The van der Waals surface area contributed by atoms with Crippen LogP contribution in [0.2, 0.25) is 0 Å². The van der Waals surface area contributed by atoms with Gasteiger partial charge in [-0.2, -0.15) is 0 Å². The van der Waals surface area contributed by atoms with Gasteiger partial charge >= 0.3 is 0 Å². The first-order chi connectivity index (χ1) is 8.40. The van der Waals surface area contributed by atoms with Crippen molar-refractivity contribution in [3.05, 3.63) is 16.1 Å². The Bertz CT molecular complexity index is 353. The number of likely N-dealkylation sites (tertiary alicyclic amines) is 1. The summed E-state index contributed by atoms with van der Waals surface area (Å²) in [6.45, 7) is 4.75. The molecule has 1 saturated heterocycles. The molecule has 4 heteroatoms. The summed E-state index contributed by atoms with van der Waals surface area (Å²) in [4.78, 5) is 7.26. The van der Waals surface area contributed by atoms with E-state index in [4.69, 9.17) is 4.98 Å². The predicted octanol–water partition coefficient (Wildman–Crippen LogP) is 2.03. The molecule has 0 amide bonds. The molecule has 0 atom stereocenters. The lowest BCUT2D eigenvalue weighted by Crippen LogP contribution is -2.22. The van der Waals surface area contributed by atoms with Gasteiger partial charge in [0.15, 0.2) is 0 Å². The Balaban J connectivity index is 1.42. The molecule has 2 heterocycles. The van der Waals surface area contributed by atoms with Gasteiger partial charge in [-0.05, 0) is 38.8 Å². The van der Waals surface area contributed by atoms with Gasteiger partial charge in [0.25, 0.3) is 0 Å². The van der Waals surface area contributed by atoms with Crippen molar-refractivity contribution in [1.29, 1.82) is 0 Å². The Morgan fingerprint density at radius 2 is 2.18 bits per heavy atom. The minimum atomic E-state index is 0.782. The van der Waals surface area contributed by atoms with Crippen molar-refractivity contribution in [1.82, 2.24) is 15.2 Å². The zero-order chi connectivity index (χ0) is 11.5. The minimum absolute atomic E-state index is 0.782. The average Bonchev–Trinajstić information content (AvgIpc) is 2.86. The van der Waals surface area contributed by atoms with E-state index in [1.165, 1.54) is 56.0 Å². The van der Waals surface area contributed by atoms with Crippen LogP contribution in [0, 0.1) is 0 Å². The first kappa shape index (κ1) is 11.6. The molecular formula is C13H21N3S. The van der Waals surface area contributed by atoms with Crippen LogP contribution in [-0.4, -0.2) is 35.6 Å². The molecular weight excluding hydrogens is 230 g/mol. The lowest BCUT2D eigenvalue weighted by molar-refractivity contribution is 0.343. The van der Waals surface area contributed by atoms with Gasteiger partial charge in [-0.25, -0.2) is 4.98 Å². The average molecular weight is 251 g/mol. The van der Waals surface area contributed by atoms with Crippen LogP contribution >= 0.6 is 11.3 Å². The predicted molar refractivity (Wildman–Crippen MR) is 71.4 cm³/mol. The number of aromatic nitrogens is 1. The van der Waals surface area contributed by atoms with Crippen molar-refractivity contribution in [2.24, 2.45) is 0 Å². The molecule has 17 heavy (non-hydrogen) atoms. The van der Waals surface area contributed by atoms with Gasteiger partial charge in [0, 0.05) is 30.9 Å². The standard InChI is InChI=1S/C13H21N3S/c1-2-7-16(6-1)8-5-13-15-12(10-17-13)9-14-11-3-4-11/h10-11,14H,1-9H2. The molecule has 94 valence electrons. The number of thiazole rings is 1. The van der Waals surface area contributed by atoms with E-state index in [9.17, 15) is 0 Å². The molecule has 0 bridgehead atoms. The zero-order valence-electron chi connectivity index (χ0n) is 10.3. The molecule has 0 aromatic carbocycles. The van der Waals surface area contributed by atoms with Crippen molar-refractivity contribution in [3.8, 4) is 0 Å². The van der Waals surface area contributed by atoms with Gasteiger partial charge in [-0.15, -0.1) is 11.3 Å². The molecule has 1 aliphatic carbocycles. The van der Waals surface area contributed by atoms with E-state index in [-0.39, 0.29) is 0 Å². The third-order valence-corrected chi connectivity index (χ3v) is 4.55. The van der Waals surface area contributed by atoms with Crippen LogP contribution in [0.3, 0.4) is 0 Å². The van der Waals surface area contributed by atoms with Crippen LogP contribution < -0.4 is 5.32 Å². The molecule has 1 aromatic heterocycles. The summed E-state index contributed by atoms with van der Waals surface area (Å²) in [6, 6.07) is 0.782. The van der Waals surface area contributed by atoms with Crippen LogP contribution in [0.4, 0.5) is 0 Å². The van der Waals surface area contributed by atoms with E-state index in [1.807, 2.05) is 11.3 Å². The zero-order valence-corrected chi connectivity index (χ0v) is 11.1. The van der Waals surface area contributed by atoms with Crippen molar-refractivity contribution >= 4 is 11.3 Å². The lowest BCUT2D eigenvalue weighted by Gasteiger charge is -2.12. The third-order valence-electron chi connectivity index (χ3n) is 3.59. The lowest BCUT2D eigenvalue weighted by atomic mass is 10.4. The summed E-state index contributed by atoms with van der Waals surface area (Å²) in [5, 5.41) is 7.04. The van der Waals surface area contributed by atoms with Crippen molar-refractivity contribution in [3.63, 3.8) is 0 Å².